The van der Waals surface area contributed by atoms with Gasteiger partial charge in [0.2, 0.25) is 0 Å². The summed E-state index contributed by atoms with van der Waals surface area (Å²) in [5, 5.41) is 4.19. The van der Waals surface area contributed by atoms with Crippen LogP contribution in [0.4, 0.5) is 5.69 Å². The van der Waals surface area contributed by atoms with Gasteiger partial charge >= 0.3 is 5.97 Å². The molecule has 0 spiro atoms. The van der Waals surface area contributed by atoms with Crippen LogP contribution in [-0.4, -0.2) is 22.9 Å². The molecule has 6 nitrogen and oxygen atoms in total. The molecular weight excluding hydrogens is 258 g/mol. The Morgan fingerprint density at radius 3 is 2.75 bits per heavy atom. The van der Waals surface area contributed by atoms with Gasteiger partial charge in [-0.05, 0) is 31.2 Å². The number of benzene rings is 1. The lowest BCUT2D eigenvalue weighted by Gasteiger charge is -2.08. The number of carbonyl (C=O) groups is 1. The number of hydrogen-bond acceptors (Lipinski definition) is 5. The molecular formula is C14H17N3O3. The van der Waals surface area contributed by atoms with E-state index in [1.54, 1.807) is 22.9 Å². The van der Waals surface area contributed by atoms with Crippen molar-refractivity contribution in [2.75, 3.05) is 12.8 Å². The number of nitrogen functional groups attached to an aromatic ring is 1. The van der Waals surface area contributed by atoms with Crippen LogP contribution < -0.4 is 10.5 Å². The lowest BCUT2D eigenvalue weighted by Crippen LogP contribution is -2.08. The fourth-order valence-electron chi connectivity index (χ4n) is 1.86. The van der Waals surface area contributed by atoms with Gasteiger partial charge in [0, 0.05) is 7.05 Å². The summed E-state index contributed by atoms with van der Waals surface area (Å²) in [6.45, 7) is 2.05. The van der Waals surface area contributed by atoms with Crippen molar-refractivity contribution in [3.63, 3.8) is 0 Å². The predicted octanol–water partition coefficient (Wildman–Crippen LogP) is 1.68. The molecule has 0 fully saturated rings. The smallest absolute Gasteiger partial charge is 0.338 e. The van der Waals surface area contributed by atoms with Gasteiger partial charge in [0.1, 0.15) is 12.4 Å². The second kappa shape index (κ2) is 5.64. The highest BCUT2D eigenvalue weighted by Gasteiger charge is 2.12. The van der Waals surface area contributed by atoms with Crippen molar-refractivity contribution in [3.05, 3.63) is 41.2 Å². The molecule has 0 amide bonds. The number of aromatic nitrogens is 2. The van der Waals surface area contributed by atoms with Gasteiger partial charge in [0.15, 0.2) is 0 Å². The molecule has 106 valence electrons. The van der Waals surface area contributed by atoms with Crippen molar-refractivity contribution in [1.82, 2.24) is 9.78 Å². The minimum atomic E-state index is -0.429. The lowest BCUT2D eigenvalue weighted by molar-refractivity contribution is 0.0463. The van der Waals surface area contributed by atoms with Crippen LogP contribution in [0, 0.1) is 6.92 Å². The van der Waals surface area contributed by atoms with Crippen molar-refractivity contribution in [3.8, 4) is 5.75 Å². The quantitative estimate of drug-likeness (QED) is 0.678. The highest BCUT2D eigenvalue weighted by molar-refractivity contribution is 5.90. The first-order valence-corrected chi connectivity index (χ1v) is 6.11. The van der Waals surface area contributed by atoms with Crippen LogP contribution in [0.3, 0.4) is 0 Å². The molecule has 2 N–H and O–H groups in total. The van der Waals surface area contributed by atoms with Crippen LogP contribution in [0.5, 0.6) is 5.75 Å². The summed E-state index contributed by atoms with van der Waals surface area (Å²) in [6.07, 6.45) is 0. The van der Waals surface area contributed by atoms with Gasteiger partial charge in [-0.25, -0.2) is 4.79 Å². The zero-order valence-corrected chi connectivity index (χ0v) is 11.7. The number of nitrogens with zero attached hydrogens (tertiary/aromatic N) is 2. The average Bonchev–Trinajstić information content (AvgIpc) is 2.74. The summed E-state index contributed by atoms with van der Waals surface area (Å²) >= 11 is 0. The minimum absolute atomic E-state index is 0.170. The predicted molar refractivity (Wildman–Crippen MR) is 74.5 cm³/mol. The van der Waals surface area contributed by atoms with Crippen LogP contribution in [0.1, 0.15) is 21.7 Å². The van der Waals surface area contributed by atoms with E-state index in [1.807, 2.05) is 20.0 Å². The molecule has 2 aromatic rings. The topological polar surface area (TPSA) is 79.4 Å². The Morgan fingerprint density at radius 2 is 2.15 bits per heavy atom. The molecule has 0 bridgehead atoms. The van der Waals surface area contributed by atoms with Gasteiger partial charge in [0.05, 0.1) is 29.7 Å². The Hall–Kier alpha value is -2.50. The Labute approximate surface area is 117 Å². The van der Waals surface area contributed by atoms with Gasteiger partial charge in [-0.3, -0.25) is 4.68 Å². The van der Waals surface area contributed by atoms with Gasteiger partial charge in [-0.1, -0.05) is 0 Å². The average molecular weight is 275 g/mol. The van der Waals surface area contributed by atoms with E-state index in [2.05, 4.69) is 5.10 Å². The summed E-state index contributed by atoms with van der Waals surface area (Å²) < 4.78 is 12.0. The van der Waals surface area contributed by atoms with Crippen molar-refractivity contribution < 1.29 is 14.3 Å². The summed E-state index contributed by atoms with van der Waals surface area (Å²) in [5.74, 6) is 0.0259. The molecule has 0 atom stereocenters. The Kier molecular flexibility index (Phi) is 3.93. The number of anilines is 1. The number of esters is 1. The van der Waals surface area contributed by atoms with E-state index >= 15 is 0 Å². The summed E-state index contributed by atoms with van der Waals surface area (Å²) in [5.41, 5.74) is 8.29. The zero-order valence-electron chi connectivity index (χ0n) is 11.7. The van der Waals surface area contributed by atoms with Crippen molar-refractivity contribution in [1.29, 1.82) is 0 Å². The molecule has 2 rings (SSSR count). The molecule has 0 saturated carbocycles. The first-order chi connectivity index (χ1) is 9.51. The van der Waals surface area contributed by atoms with Crippen LogP contribution >= 0.6 is 0 Å². The van der Waals surface area contributed by atoms with E-state index in [9.17, 15) is 4.79 Å². The maximum absolute atomic E-state index is 12.0. The molecule has 0 aliphatic carbocycles. The maximum Gasteiger partial charge on any atom is 0.338 e. The third-order valence-electron chi connectivity index (χ3n) is 2.92. The number of nitrogens with two attached hydrogens (primary N) is 1. The fourth-order valence-corrected chi connectivity index (χ4v) is 1.86. The fraction of sp³-hybridized carbons (Fsp3) is 0.286. The van der Waals surface area contributed by atoms with E-state index in [1.165, 1.54) is 7.11 Å². The lowest BCUT2D eigenvalue weighted by atomic mass is 10.2. The van der Waals surface area contributed by atoms with Crippen LogP contribution in [-0.2, 0) is 18.4 Å². The summed E-state index contributed by atoms with van der Waals surface area (Å²) in [4.78, 5) is 12.0. The highest BCUT2D eigenvalue weighted by atomic mass is 16.5. The van der Waals surface area contributed by atoms with Crippen molar-refractivity contribution in [2.24, 2.45) is 7.05 Å². The number of hydrogen-bond donors (Lipinski definition) is 1. The third-order valence-corrected chi connectivity index (χ3v) is 2.92. The SMILES string of the molecule is COc1cc(C(=O)OCc2cc(C)nn2C)ccc1N. The van der Waals surface area contributed by atoms with E-state index in [4.69, 9.17) is 15.2 Å². The first kappa shape index (κ1) is 13.9. The Bertz CT molecular complexity index is 635. The van der Waals surface area contributed by atoms with Crippen molar-refractivity contribution in [2.45, 2.75) is 13.5 Å². The monoisotopic (exact) mass is 275 g/mol. The largest absolute Gasteiger partial charge is 0.495 e. The number of aryl methyl sites for hydroxylation is 2. The molecule has 1 aromatic carbocycles. The second-order valence-electron chi connectivity index (χ2n) is 4.43. The molecule has 0 unspecified atom stereocenters. The molecule has 0 saturated heterocycles. The normalized spacial score (nSPS) is 10.3. The first-order valence-electron chi connectivity index (χ1n) is 6.11. The van der Waals surface area contributed by atoms with Gasteiger partial charge < -0.3 is 15.2 Å². The van der Waals surface area contributed by atoms with E-state index in [0.29, 0.717) is 17.0 Å². The van der Waals surface area contributed by atoms with E-state index in [-0.39, 0.29) is 6.61 Å². The molecule has 0 aliphatic heterocycles. The van der Waals surface area contributed by atoms with Gasteiger partial charge in [-0.2, -0.15) is 5.10 Å². The Balaban J connectivity index is 2.07. The van der Waals surface area contributed by atoms with Crippen LogP contribution in [0.2, 0.25) is 0 Å². The van der Waals surface area contributed by atoms with E-state index in [0.717, 1.165) is 11.4 Å². The molecule has 6 heteroatoms. The maximum atomic E-state index is 12.0. The third kappa shape index (κ3) is 2.90. The summed E-state index contributed by atoms with van der Waals surface area (Å²) in [6, 6.07) is 6.65. The summed E-state index contributed by atoms with van der Waals surface area (Å²) in [7, 11) is 3.31. The number of methoxy groups -OCH3 is 1. The molecule has 1 heterocycles. The van der Waals surface area contributed by atoms with Gasteiger partial charge in [-0.15, -0.1) is 0 Å². The standard InChI is InChI=1S/C14H17N3O3/c1-9-6-11(17(2)16-9)8-20-14(18)10-4-5-12(15)13(7-10)19-3/h4-7H,8,15H2,1-3H3. The number of carbonyl (C=O) groups excluding carboxylic acids is 1. The second-order valence-corrected chi connectivity index (χ2v) is 4.43. The van der Waals surface area contributed by atoms with Crippen molar-refractivity contribution >= 4 is 11.7 Å². The van der Waals surface area contributed by atoms with E-state index < -0.39 is 5.97 Å². The molecule has 0 aliphatic rings. The highest BCUT2D eigenvalue weighted by Crippen LogP contribution is 2.22. The van der Waals surface area contributed by atoms with Gasteiger partial charge in [0.25, 0.3) is 0 Å². The van der Waals surface area contributed by atoms with Crippen LogP contribution in [0.15, 0.2) is 24.3 Å². The number of ether oxygens (including phenoxy) is 2. The molecule has 20 heavy (non-hydrogen) atoms. The molecule has 1 aromatic heterocycles. The minimum Gasteiger partial charge on any atom is -0.495 e. The Morgan fingerprint density at radius 1 is 1.40 bits per heavy atom. The number of rotatable bonds is 4. The zero-order chi connectivity index (χ0) is 14.7. The van der Waals surface area contributed by atoms with Crippen LogP contribution in [0.25, 0.3) is 0 Å². The molecule has 0 radical (unpaired) electrons.